The Balaban J connectivity index is 2.70. The topological polar surface area (TPSA) is 31.2 Å². The molecule has 0 saturated carbocycles. The van der Waals surface area contributed by atoms with Crippen molar-refractivity contribution in [2.75, 3.05) is 7.71 Å². The van der Waals surface area contributed by atoms with E-state index >= 15 is 0 Å². The summed E-state index contributed by atoms with van der Waals surface area (Å²) in [7, 11) is 14.9. The standard InChI is InChI=1S/C30H46Ge2N4S3/c1-27(2,3)33-23-19-15-13-17-21-25(23)35(29(7,8)9)31(37)39-32(38)36(30(10,11)12)26-22-18-14-16-20-24(26)34-28(4,5)6/h13-22H,1-12H3. The second kappa shape index (κ2) is 13.5. The minimum atomic E-state index is -2.36. The van der Waals surface area contributed by atoms with E-state index in [0.29, 0.717) is 0 Å². The van der Waals surface area contributed by atoms with Gasteiger partial charge in [0.05, 0.1) is 0 Å². The molecule has 4 nitrogen and oxygen atoms in total. The van der Waals surface area contributed by atoms with Crippen LogP contribution in [0.15, 0.2) is 70.6 Å². The van der Waals surface area contributed by atoms with Gasteiger partial charge in [0.25, 0.3) is 0 Å². The van der Waals surface area contributed by atoms with E-state index in [1.165, 1.54) is 0 Å². The second-order valence-corrected chi connectivity index (χ2v) is 36.6. The van der Waals surface area contributed by atoms with Gasteiger partial charge in [-0.25, -0.2) is 0 Å². The van der Waals surface area contributed by atoms with Gasteiger partial charge in [-0.05, 0) is 0 Å². The van der Waals surface area contributed by atoms with E-state index in [1.807, 2.05) is 8.41 Å². The van der Waals surface area contributed by atoms with E-state index in [0.717, 1.165) is 22.1 Å². The van der Waals surface area contributed by atoms with Crippen LogP contribution in [-0.2, 0) is 0 Å². The van der Waals surface area contributed by atoms with Crippen LogP contribution in [-0.4, -0.2) is 45.7 Å². The molecule has 0 aliphatic rings. The maximum absolute atomic E-state index is 6.47. The van der Waals surface area contributed by atoms with Crippen LogP contribution >= 0.6 is 29.3 Å². The first-order chi connectivity index (χ1) is 17.7. The molecule has 0 spiro atoms. The summed E-state index contributed by atoms with van der Waals surface area (Å²) in [5, 5.41) is 1.97. The van der Waals surface area contributed by atoms with Crippen molar-refractivity contribution in [3.8, 4) is 0 Å². The van der Waals surface area contributed by atoms with Crippen molar-refractivity contribution in [1.82, 2.24) is 0 Å². The number of rotatable bonds is 6. The van der Waals surface area contributed by atoms with E-state index in [1.54, 1.807) is 0 Å². The zero-order valence-corrected chi connectivity index (χ0v) is 32.4. The molecule has 39 heavy (non-hydrogen) atoms. The average Bonchev–Trinajstić information content (AvgIpc) is 3.05. The Hall–Kier alpha value is -0.744. The van der Waals surface area contributed by atoms with Crippen LogP contribution in [0.1, 0.15) is 83.1 Å². The first-order valence-corrected chi connectivity index (χ1v) is 27.2. The maximum atomic E-state index is 6.47. The molecule has 0 saturated heterocycles. The van der Waals surface area contributed by atoms with Crippen molar-refractivity contribution in [3.05, 3.63) is 71.4 Å². The van der Waals surface area contributed by atoms with Crippen LogP contribution in [0.5, 0.6) is 0 Å². The molecule has 9 heteroatoms. The third-order valence-corrected chi connectivity index (χ3v) is 41.9. The molecule has 0 bridgehead atoms. The van der Waals surface area contributed by atoms with Gasteiger partial charge in [0.1, 0.15) is 0 Å². The summed E-state index contributed by atoms with van der Waals surface area (Å²) in [5.41, 5.74) is 1.50. The molecule has 2 aromatic rings. The SMILES string of the molecule is CC(C)(C)N=c1cccccc1[N]([Ge](=[S])[S][Ge](=[S])[N](c1cccccc1=NC(C)(C)C)C(C)(C)C)C(C)(C)C. The summed E-state index contributed by atoms with van der Waals surface area (Å²) in [6.45, 7) is 26.3. The van der Waals surface area contributed by atoms with E-state index < -0.39 is 23.5 Å². The van der Waals surface area contributed by atoms with Crippen LogP contribution in [0.3, 0.4) is 0 Å². The Kier molecular flexibility index (Phi) is 11.9. The molecule has 2 rings (SSSR count). The van der Waals surface area contributed by atoms with Gasteiger partial charge in [0.2, 0.25) is 0 Å². The van der Waals surface area contributed by atoms with Crippen molar-refractivity contribution in [1.29, 1.82) is 0 Å². The summed E-state index contributed by atoms with van der Waals surface area (Å²) in [4.78, 5) is 10.2. The molecular weight excluding hydrogens is 658 g/mol. The molecule has 0 unspecified atom stereocenters. The van der Waals surface area contributed by atoms with Crippen LogP contribution in [0.25, 0.3) is 0 Å². The third-order valence-electron chi connectivity index (χ3n) is 5.26. The monoisotopic (exact) mass is 706 g/mol. The molecule has 212 valence electrons. The van der Waals surface area contributed by atoms with Crippen LogP contribution in [0.2, 0.25) is 0 Å². The predicted molar refractivity (Wildman–Crippen MR) is 182 cm³/mol. The van der Waals surface area contributed by atoms with Crippen LogP contribution in [0, 0.1) is 0 Å². The molecule has 0 aliphatic heterocycles. The molecule has 0 aromatic heterocycles. The van der Waals surface area contributed by atoms with E-state index in [2.05, 4.69) is 151 Å². The van der Waals surface area contributed by atoms with Gasteiger partial charge < -0.3 is 0 Å². The van der Waals surface area contributed by atoms with Gasteiger partial charge in [-0.1, -0.05) is 0 Å². The van der Waals surface area contributed by atoms with Gasteiger partial charge in [-0.3, -0.25) is 0 Å². The Morgan fingerprint density at radius 1 is 0.538 bits per heavy atom. The molecule has 0 fully saturated rings. The third kappa shape index (κ3) is 10.9. The normalized spacial score (nSPS) is 13.7. The molecule has 0 amide bonds. The Morgan fingerprint density at radius 3 is 1.13 bits per heavy atom. The fraction of sp³-hybridized carbons (Fsp3) is 0.533. The molecule has 0 N–H and O–H groups in total. The summed E-state index contributed by atoms with van der Waals surface area (Å²) in [6.07, 6.45) is 0. The van der Waals surface area contributed by atoms with Crippen molar-refractivity contribution < 1.29 is 0 Å². The molecule has 0 radical (unpaired) electrons. The van der Waals surface area contributed by atoms with Gasteiger partial charge in [0, 0.05) is 0 Å². The first kappa shape index (κ1) is 34.5. The fourth-order valence-corrected chi connectivity index (χ4v) is 46.0. The quantitative estimate of drug-likeness (QED) is 0.284. The molecule has 0 aliphatic carbocycles. The fourth-order valence-electron chi connectivity index (χ4n) is 3.98. The summed E-state index contributed by atoms with van der Waals surface area (Å²) < 4.78 is 4.98. The predicted octanol–water partition coefficient (Wildman–Crippen LogP) is 8.09. The van der Waals surface area contributed by atoms with E-state index in [-0.39, 0.29) is 22.2 Å². The van der Waals surface area contributed by atoms with E-state index in [9.17, 15) is 0 Å². The Morgan fingerprint density at radius 2 is 0.846 bits per heavy atom. The molecule has 2 aromatic carbocycles. The zero-order chi connectivity index (χ0) is 29.8. The molecule has 0 heterocycles. The summed E-state index contributed by atoms with van der Waals surface area (Å²) >= 11 is -4.73. The Labute approximate surface area is 256 Å². The van der Waals surface area contributed by atoms with Gasteiger partial charge >= 0.3 is 259 Å². The van der Waals surface area contributed by atoms with Crippen molar-refractivity contribution in [3.63, 3.8) is 0 Å². The number of anilines is 2. The Bertz CT molecular complexity index is 1230. The second-order valence-electron chi connectivity index (χ2n) is 13.6. The summed E-state index contributed by atoms with van der Waals surface area (Å²) in [6, 6.07) is 21.0. The summed E-state index contributed by atoms with van der Waals surface area (Å²) in [5.74, 6) is 0. The zero-order valence-electron chi connectivity index (χ0n) is 25.8. The van der Waals surface area contributed by atoms with Crippen LogP contribution < -0.4 is 18.4 Å². The van der Waals surface area contributed by atoms with Crippen molar-refractivity contribution >= 4 is 64.2 Å². The van der Waals surface area contributed by atoms with E-state index in [4.69, 9.17) is 30.9 Å². The van der Waals surface area contributed by atoms with Gasteiger partial charge in [-0.2, -0.15) is 0 Å². The van der Waals surface area contributed by atoms with Crippen molar-refractivity contribution in [2.45, 2.75) is 105 Å². The van der Waals surface area contributed by atoms with Crippen molar-refractivity contribution in [2.24, 2.45) is 9.98 Å². The molecular formula is C30H46Ge2N4S3. The minimum absolute atomic E-state index is 0.160. The molecule has 0 atom stereocenters. The average molecular weight is 704 g/mol. The van der Waals surface area contributed by atoms with Gasteiger partial charge in [0.15, 0.2) is 0 Å². The number of hydrogen-bond donors (Lipinski definition) is 0. The number of hydrogen-bond acceptors (Lipinski definition) is 5. The van der Waals surface area contributed by atoms with Crippen LogP contribution in [0.4, 0.5) is 11.4 Å². The number of nitrogens with zero attached hydrogens (tertiary/aromatic N) is 4. The first-order valence-electron chi connectivity index (χ1n) is 13.4. The van der Waals surface area contributed by atoms with Gasteiger partial charge in [-0.15, -0.1) is 0 Å².